The monoisotopic (exact) mass is 1040 g/mol. The van der Waals surface area contributed by atoms with Gasteiger partial charge in [-0.25, -0.2) is 4.57 Å². The van der Waals surface area contributed by atoms with Crippen molar-refractivity contribution in [2.24, 2.45) is 0 Å². The molecule has 0 spiro atoms. The highest BCUT2D eigenvalue weighted by molar-refractivity contribution is 7.47. The summed E-state index contributed by atoms with van der Waals surface area (Å²) in [6.45, 7) is 4.87. The van der Waals surface area contributed by atoms with E-state index in [1.54, 1.807) is 6.08 Å². The van der Waals surface area contributed by atoms with Crippen molar-refractivity contribution in [1.82, 2.24) is 5.32 Å². The third-order valence-electron chi connectivity index (χ3n) is 14.7. The third-order valence-corrected chi connectivity index (χ3v) is 15.6. The Bertz CT molecular complexity index is 1220. The zero-order chi connectivity index (χ0) is 52.7. The molecular formula is C63H126N2O6P+. The van der Waals surface area contributed by atoms with Gasteiger partial charge < -0.3 is 19.8 Å². The third kappa shape index (κ3) is 56.7. The first kappa shape index (κ1) is 71.0. The second-order valence-corrected chi connectivity index (χ2v) is 24.6. The van der Waals surface area contributed by atoms with E-state index in [4.69, 9.17) is 9.05 Å². The molecule has 0 saturated carbocycles. The molecule has 1 amide bonds. The Labute approximate surface area is 449 Å². The molecule has 9 heteroatoms. The van der Waals surface area contributed by atoms with E-state index in [1.807, 2.05) is 27.2 Å². The number of aliphatic hydroxyl groups is 1. The van der Waals surface area contributed by atoms with Crippen LogP contribution in [-0.2, 0) is 18.4 Å². The Kier molecular flexibility index (Phi) is 54.0. The summed E-state index contributed by atoms with van der Waals surface area (Å²) in [5, 5.41) is 14.0. The Morgan fingerprint density at radius 1 is 0.458 bits per heavy atom. The van der Waals surface area contributed by atoms with E-state index in [9.17, 15) is 19.4 Å². The van der Waals surface area contributed by atoms with Crippen molar-refractivity contribution in [2.75, 3.05) is 40.9 Å². The molecular weight excluding hydrogens is 912 g/mol. The molecule has 0 rings (SSSR count). The molecule has 0 aromatic carbocycles. The molecule has 8 nitrogen and oxygen atoms in total. The number of allylic oxidation sites excluding steroid dienone is 3. The molecule has 428 valence electrons. The highest BCUT2D eigenvalue weighted by atomic mass is 31.2. The Hall–Kier alpha value is -1.02. The molecule has 0 bridgehead atoms. The van der Waals surface area contributed by atoms with Crippen molar-refractivity contribution >= 4 is 13.7 Å². The normalized spacial score (nSPS) is 13.9. The number of nitrogens with zero attached hydrogens (tertiary/aromatic N) is 1. The number of amides is 1. The maximum Gasteiger partial charge on any atom is 0.472 e. The van der Waals surface area contributed by atoms with Crippen LogP contribution in [0.15, 0.2) is 24.3 Å². The smallest absolute Gasteiger partial charge is 0.387 e. The molecule has 0 aromatic heterocycles. The quantitative estimate of drug-likeness (QED) is 0.0243. The molecule has 0 fully saturated rings. The van der Waals surface area contributed by atoms with Crippen LogP contribution in [0.5, 0.6) is 0 Å². The fourth-order valence-electron chi connectivity index (χ4n) is 9.69. The van der Waals surface area contributed by atoms with Gasteiger partial charge in [0.25, 0.3) is 0 Å². The van der Waals surface area contributed by atoms with E-state index in [1.165, 1.54) is 270 Å². The molecule has 0 saturated heterocycles. The first-order valence-electron chi connectivity index (χ1n) is 31.7. The Morgan fingerprint density at radius 3 is 1.07 bits per heavy atom. The van der Waals surface area contributed by atoms with Gasteiger partial charge in [0.1, 0.15) is 13.2 Å². The fourth-order valence-corrected chi connectivity index (χ4v) is 10.4. The number of likely N-dealkylation sites (N-methyl/N-ethyl adjacent to an activating group) is 1. The number of aliphatic hydroxyl groups excluding tert-OH is 1. The largest absolute Gasteiger partial charge is 0.472 e. The van der Waals surface area contributed by atoms with Gasteiger partial charge in [-0.1, -0.05) is 295 Å². The second-order valence-electron chi connectivity index (χ2n) is 23.1. The molecule has 0 aliphatic carbocycles. The molecule has 0 aromatic rings. The number of hydrogen-bond donors (Lipinski definition) is 3. The topological polar surface area (TPSA) is 105 Å². The van der Waals surface area contributed by atoms with Crippen molar-refractivity contribution in [3.8, 4) is 0 Å². The van der Waals surface area contributed by atoms with E-state index in [0.717, 1.165) is 32.1 Å². The summed E-state index contributed by atoms with van der Waals surface area (Å²) >= 11 is 0. The molecule has 3 atom stereocenters. The van der Waals surface area contributed by atoms with Crippen LogP contribution in [0.4, 0.5) is 0 Å². The molecule has 0 aliphatic heterocycles. The number of nitrogens with one attached hydrogen (secondary N) is 1. The van der Waals surface area contributed by atoms with Gasteiger partial charge in [-0.05, 0) is 44.9 Å². The molecule has 72 heavy (non-hydrogen) atoms. The summed E-state index contributed by atoms with van der Waals surface area (Å²) in [6.07, 6.45) is 70.1. The van der Waals surface area contributed by atoms with Crippen LogP contribution < -0.4 is 5.32 Å². The van der Waals surface area contributed by atoms with Gasteiger partial charge in [0.05, 0.1) is 39.9 Å². The number of carbonyl (C=O) groups excluding carboxylic acids is 1. The Balaban J connectivity index is 4.12. The predicted molar refractivity (Wildman–Crippen MR) is 314 cm³/mol. The summed E-state index contributed by atoms with van der Waals surface area (Å²) in [6, 6.07) is -0.845. The van der Waals surface area contributed by atoms with Crippen LogP contribution in [0.3, 0.4) is 0 Å². The minimum absolute atomic E-state index is 0.0640. The maximum atomic E-state index is 13.0. The lowest BCUT2D eigenvalue weighted by atomic mass is 10.0. The summed E-state index contributed by atoms with van der Waals surface area (Å²) in [7, 11) is 1.59. The number of quaternary nitrogens is 1. The zero-order valence-electron chi connectivity index (χ0n) is 48.9. The Morgan fingerprint density at radius 2 is 0.750 bits per heavy atom. The highest BCUT2D eigenvalue weighted by Gasteiger charge is 2.28. The van der Waals surface area contributed by atoms with Crippen LogP contribution in [-0.4, -0.2) is 73.4 Å². The van der Waals surface area contributed by atoms with Crippen LogP contribution in [0.1, 0.15) is 322 Å². The van der Waals surface area contributed by atoms with Crippen molar-refractivity contribution in [3.05, 3.63) is 24.3 Å². The first-order chi connectivity index (χ1) is 35.0. The van der Waals surface area contributed by atoms with E-state index in [-0.39, 0.29) is 19.1 Å². The molecule has 3 N–H and O–H groups in total. The number of phosphoric acid groups is 1. The summed E-state index contributed by atoms with van der Waals surface area (Å²) in [4.78, 5) is 23.4. The van der Waals surface area contributed by atoms with Crippen molar-refractivity contribution in [3.63, 3.8) is 0 Å². The van der Waals surface area contributed by atoms with E-state index in [0.29, 0.717) is 17.4 Å². The second kappa shape index (κ2) is 54.8. The molecule has 0 radical (unpaired) electrons. The number of rotatable bonds is 59. The number of phosphoric ester groups is 1. The van der Waals surface area contributed by atoms with E-state index < -0.39 is 20.0 Å². The minimum atomic E-state index is -4.35. The van der Waals surface area contributed by atoms with Crippen molar-refractivity contribution in [2.45, 2.75) is 334 Å². The van der Waals surface area contributed by atoms with Crippen LogP contribution in [0, 0.1) is 0 Å². The number of unbranched alkanes of at least 4 members (excludes halogenated alkanes) is 44. The van der Waals surface area contributed by atoms with Crippen molar-refractivity contribution < 1.29 is 32.9 Å². The van der Waals surface area contributed by atoms with Gasteiger partial charge in [0, 0.05) is 6.42 Å². The van der Waals surface area contributed by atoms with E-state index in [2.05, 4.69) is 31.3 Å². The average Bonchev–Trinajstić information content (AvgIpc) is 3.34. The van der Waals surface area contributed by atoms with E-state index >= 15 is 0 Å². The lowest BCUT2D eigenvalue weighted by molar-refractivity contribution is -0.870. The maximum absolute atomic E-state index is 13.0. The SMILES string of the molecule is CCCCCCCCCC/C=C\CCCCCCCCCCCCCCCCCC(=O)NC(COP(=O)(O)OCC[N+](C)(C)C)C(O)/C=C/CCCCCCCCCCCCCCCCCCCCCCC. The number of hydrogen-bond acceptors (Lipinski definition) is 5. The van der Waals surface area contributed by atoms with Crippen molar-refractivity contribution in [1.29, 1.82) is 0 Å². The van der Waals surface area contributed by atoms with Gasteiger partial charge >= 0.3 is 7.82 Å². The number of carbonyl (C=O) groups is 1. The fraction of sp³-hybridized carbons (Fsp3) is 0.921. The molecule has 3 unspecified atom stereocenters. The summed E-state index contributed by atoms with van der Waals surface area (Å²) in [5.74, 6) is -0.171. The van der Waals surface area contributed by atoms with Gasteiger partial charge in [-0.3, -0.25) is 13.8 Å². The lowest BCUT2D eigenvalue weighted by Gasteiger charge is -2.25. The van der Waals surface area contributed by atoms with Gasteiger partial charge in [0.15, 0.2) is 0 Å². The van der Waals surface area contributed by atoms with Crippen LogP contribution in [0.2, 0.25) is 0 Å². The molecule has 0 aliphatic rings. The summed E-state index contributed by atoms with van der Waals surface area (Å²) in [5.41, 5.74) is 0. The first-order valence-corrected chi connectivity index (χ1v) is 33.2. The van der Waals surface area contributed by atoms with Crippen LogP contribution >= 0.6 is 7.82 Å². The van der Waals surface area contributed by atoms with Gasteiger partial charge in [0.2, 0.25) is 5.91 Å². The average molecular weight is 1040 g/mol. The predicted octanol–water partition coefficient (Wildman–Crippen LogP) is 19.5. The van der Waals surface area contributed by atoms with Gasteiger partial charge in [-0.15, -0.1) is 0 Å². The zero-order valence-corrected chi connectivity index (χ0v) is 49.8. The van der Waals surface area contributed by atoms with Crippen LogP contribution in [0.25, 0.3) is 0 Å². The molecule has 0 heterocycles. The highest BCUT2D eigenvalue weighted by Crippen LogP contribution is 2.43. The van der Waals surface area contributed by atoms with Gasteiger partial charge in [-0.2, -0.15) is 0 Å². The minimum Gasteiger partial charge on any atom is -0.387 e. The standard InChI is InChI=1S/C63H125N2O6P/c1-6-8-10-12-14-16-18-20-22-24-26-28-30-31-32-33-35-37-39-41-43-45-47-49-51-53-55-57-63(67)64-61(60-71-72(68,69)70-59-58-65(3,4)5)62(66)56-54-52-50-48-46-44-42-40-38-36-34-29-27-25-23-21-19-17-15-13-11-9-7-2/h24,26,54,56,61-62,66H,6-23,25,27-53,55,57-60H2,1-5H3,(H-,64,67,68,69)/p+1/b26-24-,56-54+. The lowest BCUT2D eigenvalue weighted by Crippen LogP contribution is -2.45. The summed E-state index contributed by atoms with van der Waals surface area (Å²) < 4.78 is 23.8.